The molecule has 2 heterocycles. The molecular formula is C9H12N4O3S. The number of ether oxygens (including phenoxy) is 1. The Bertz CT molecular complexity index is 476. The largest absolute Gasteiger partial charge is 0.516 e. The number of anilines is 1. The van der Waals surface area contributed by atoms with Gasteiger partial charge in [-0.2, -0.15) is 4.98 Å². The lowest BCUT2D eigenvalue weighted by Gasteiger charge is -2.14. The normalized spacial score (nSPS) is 24.2. The molecule has 1 aliphatic heterocycles. The molecule has 92 valence electrons. The number of nitrogens with one attached hydrogen (secondary N) is 1. The first kappa shape index (κ1) is 11.8. The topological polar surface area (TPSA) is 102 Å². The van der Waals surface area contributed by atoms with Crippen molar-refractivity contribution in [1.82, 2.24) is 9.66 Å². The van der Waals surface area contributed by atoms with E-state index in [-0.39, 0.29) is 17.5 Å². The maximum atomic E-state index is 11.4. The van der Waals surface area contributed by atoms with Crippen LogP contribution in [0.15, 0.2) is 29.4 Å². The van der Waals surface area contributed by atoms with Gasteiger partial charge >= 0.3 is 5.69 Å². The number of hydrogen-bond donors (Lipinski definition) is 3. The van der Waals surface area contributed by atoms with E-state index < -0.39 is 5.69 Å². The lowest BCUT2D eigenvalue weighted by atomic mass is 10.6. The fraction of sp³-hybridized carbons (Fsp3) is 0.333. The van der Waals surface area contributed by atoms with E-state index in [1.54, 1.807) is 0 Å². The molecule has 2 atom stereocenters. The monoisotopic (exact) mass is 256 g/mol. The van der Waals surface area contributed by atoms with Gasteiger partial charge in [-0.05, 0) is 12.1 Å². The van der Waals surface area contributed by atoms with Gasteiger partial charge < -0.3 is 15.6 Å². The van der Waals surface area contributed by atoms with Crippen molar-refractivity contribution in [2.24, 2.45) is 0 Å². The molecule has 0 amide bonds. The van der Waals surface area contributed by atoms with E-state index in [0.29, 0.717) is 5.75 Å². The van der Waals surface area contributed by atoms with Crippen LogP contribution in [0.3, 0.4) is 0 Å². The van der Waals surface area contributed by atoms with E-state index >= 15 is 0 Å². The summed E-state index contributed by atoms with van der Waals surface area (Å²) in [6, 6.07) is 1.52. The molecule has 8 heteroatoms. The quantitative estimate of drug-likeness (QED) is 0.646. The molecule has 4 N–H and O–H groups in total. The van der Waals surface area contributed by atoms with E-state index in [0.717, 1.165) is 6.26 Å². The molecule has 1 aromatic heterocycles. The van der Waals surface area contributed by atoms with Crippen LogP contribution in [-0.4, -0.2) is 32.2 Å². The zero-order valence-electron chi connectivity index (χ0n) is 8.81. The van der Waals surface area contributed by atoms with Crippen molar-refractivity contribution in [3.8, 4) is 0 Å². The fourth-order valence-electron chi connectivity index (χ4n) is 1.33. The Balaban J connectivity index is 2.00. The van der Waals surface area contributed by atoms with Crippen molar-refractivity contribution < 1.29 is 9.84 Å². The summed E-state index contributed by atoms with van der Waals surface area (Å²) >= 11 is 1.51. The van der Waals surface area contributed by atoms with Crippen LogP contribution in [0.1, 0.15) is 0 Å². The zero-order valence-corrected chi connectivity index (χ0v) is 9.63. The minimum atomic E-state index is -0.486. The summed E-state index contributed by atoms with van der Waals surface area (Å²) in [6.07, 6.45) is 3.64. The molecule has 0 aromatic carbocycles. The number of hydrogen-bond acceptors (Lipinski definition) is 7. The van der Waals surface area contributed by atoms with Crippen LogP contribution >= 0.6 is 11.8 Å². The third-order valence-electron chi connectivity index (χ3n) is 2.06. The second kappa shape index (κ2) is 5.11. The Morgan fingerprint density at radius 2 is 2.59 bits per heavy atom. The van der Waals surface area contributed by atoms with E-state index in [1.807, 2.05) is 0 Å². The predicted octanol–water partition coefficient (Wildman–Crippen LogP) is -0.144. The molecule has 17 heavy (non-hydrogen) atoms. The van der Waals surface area contributed by atoms with Gasteiger partial charge in [-0.3, -0.25) is 5.43 Å². The Hall–Kier alpha value is -1.67. The minimum Gasteiger partial charge on any atom is -0.516 e. The number of nitrogen functional groups attached to an aromatic ring is 1. The van der Waals surface area contributed by atoms with Gasteiger partial charge in [0.1, 0.15) is 11.3 Å². The molecule has 2 rings (SSSR count). The summed E-state index contributed by atoms with van der Waals surface area (Å²) in [4.78, 5) is 15.0. The van der Waals surface area contributed by atoms with E-state index in [2.05, 4.69) is 10.4 Å². The summed E-state index contributed by atoms with van der Waals surface area (Å²) < 4.78 is 6.69. The van der Waals surface area contributed by atoms with Gasteiger partial charge in [0.05, 0.1) is 6.26 Å². The van der Waals surface area contributed by atoms with Crippen molar-refractivity contribution in [3.63, 3.8) is 0 Å². The molecule has 0 spiro atoms. The van der Waals surface area contributed by atoms with Crippen molar-refractivity contribution in [3.05, 3.63) is 35.1 Å². The first-order chi connectivity index (χ1) is 8.19. The van der Waals surface area contributed by atoms with E-state index in [1.165, 1.54) is 34.8 Å². The molecule has 1 saturated heterocycles. The number of aliphatic hydroxyl groups is 1. The average molecular weight is 256 g/mol. The Morgan fingerprint density at radius 1 is 1.76 bits per heavy atom. The second-order valence-electron chi connectivity index (χ2n) is 3.30. The molecule has 2 unspecified atom stereocenters. The molecule has 0 radical (unpaired) electrons. The lowest BCUT2D eigenvalue weighted by Crippen LogP contribution is -2.38. The van der Waals surface area contributed by atoms with Crippen LogP contribution in [-0.2, 0) is 4.74 Å². The van der Waals surface area contributed by atoms with Gasteiger partial charge in [-0.25, -0.2) is 9.47 Å². The van der Waals surface area contributed by atoms with Crippen molar-refractivity contribution >= 4 is 17.6 Å². The average Bonchev–Trinajstić information content (AvgIpc) is 2.71. The van der Waals surface area contributed by atoms with Crippen LogP contribution in [0.2, 0.25) is 0 Å². The van der Waals surface area contributed by atoms with Crippen LogP contribution in [0, 0.1) is 0 Å². The number of nitrogens with two attached hydrogens (primary N) is 1. The highest BCUT2D eigenvalue weighted by atomic mass is 32.2. The molecule has 0 aliphatic carbocycles. The van der Waals surface area contributed by atoms with Gasteiger partial charge in [0.2, 0.25) is 0 Å². The van der Waals surface area contributed by atoms with Crippen LogP contribution in [0.4, 0.5) is 5.82 Å². The lowest BCUT2D eigenvalue weighted by molar-refractivity contribution is 0.0976. The molecule has 1 fully saturated rings. The molecular weight excluding hydrogens is 244 g/mol. The highest BCUT2D eigenvalue weighted by molar-refractivity contribution is 8.00. The maximum absolute atomic E-state index is 11.4. The summed E-state index contributed by atoms with van der Waals surface area (Å²) in [5.41, 5.74) is 7.53. The highest BCUT2D eigenvalue weighted by Crippen LogP contribution is 2.24. The third kappa shape index (κ3) is 2.92. The highest BCUT2D eigenvalue weighted by Gasteiger charge is 2.24. The Labute approximate surface area is 101 Å². The zero-order chi connectivity index (χ0) is 12.3. The smallest absolute Gasteiger partial charge is 0.368 e. The van der Waals surface area contributed by atoms with Crippen molar-refractivity contribution in [2.45, 2.75) is 11.7 Å². The number of thioether (sulfide) groups is 1. The number of nitrogens with zero attached hydrogens (tertiary/aromatic N) is 2. The molecule has 1 aromatic rings. The number of aromatic nitrogens is 2. The van der Waals surface area contributed by atoms with Crippen LogP contribution in [0.5, 0.6) is 0 Å². The van der Waals surface area contributed by atoms with Crippen LogP contribution < -0.4 is 16.8 Å². The SMILES string of the molecule is Nc1ccn(NC2CSC(/C=C/O)O2)c(=O)n1. The summed E-state index contributed by atoms with van der Waals surface area (Å²) in [5, 5.41) is 8.60. The summed E-state index contributed by atoms with van der Waals surface area (Å²) in [5.74, 6) is 0.835. The van der Waals surface area contributed by atoms with Crippen molar-refractivity contribution in [1.29, 1.82) is 0 Å². The predicted molar refractivity (Wildman–Crippen MR) is 65.2 cm³/mol. The van der Waals surface area contributed by atoms with Gasteiger partial charge in [0.15, 0.2) is 6.23 Å². The van der Waals surface area contributed by atoms with E-state index in [9.17, 15) is 4.79 Å². The first-order valence-electron chi connectivity index (χ1n) is 4.89. The minimum absolute atomic E-state index is 0.177. The summed E-state index contributed by atoms with van der Waals surface area (Å²) in [7, 11) is 0. The van der Waals surface area contributed by atoms with E-state index in [4.69, 9.17) is 15.6 Å². The van der Waals surface area contributed by atoms with Gasteiger partial charge in [0.25, 0.3) is 0 Å². The van der Waals surface area contributed by atoms with Crippen LogP contribution in [0.25, 0.3) is 0 Å². The Morgan fingerprint density at radius 3 is 3.29 bits per heavy atom. The maximum Gasteiger partial charge on any atom is 0.368 e. The number of aliphatic hydroxyl groups excluding tert-OH is 1. The van der Waals surface area contributed by atoms with Gasteiger partial charge in [-0.1, -0.05) is 0 Å². The fourth-order valence-corrected chi connectivity index (χ4v) is 2.24. The second-order valence-corrected chi connectivity index (χ2v) is 4.43. The molecule has 7 nitrogen and oxygen atoms in total. The summed E-state index contributed by atoms with van der Waals surface area (Å²) in [6.45, 7) is 0. The third-order valence-corrected chi connectivity index (χ3v) is 3.15. The van der Waals surface area contributed by atoms with Gasteiger partial charge in [-0.15, -0.1) is 11.8 Å². The van der Waals surface area contributed by atoms with Gasteiger partial charge in [0, 0.05) is 11.9 Å². The first-order valence-corrected chi connectivity index (χ1v) is 5.93. The standard InChI is InChI=1S/C9H12N4O3S/c10-6-1-3-13(9(15)11-6)12-7-5-17-8(16-7)2-4-14/h1-4,7-8,12,14H,5H2,(H2,10,11,15)/b4-2+. The molecule has 1 aliphatic rings. The number of rotatable bonds is 3. The van der Waals surface area contributed by atoms with Crippen molar-refractivity contribution in [2.75, 3.05) is 16.9 Å². The Kier molecular flexibility index (Phi) is 3.55. The molecule has 0 saturated carbocycles. The molecule has 0 bridgehead atoms.